The van der Waals surface area contributed by atoms with Gasteiger partial charge in [-0.3, -0.25) is 19.3 Å². The van der Waals surface area contributed by atoms with Crippen LogP contribution in [-0.4, -0.2) is 35.6 Å². The SMILES string of the molecule is COc1cc(/C=C2/SC(=O)N(CC(=O)Nc3ccccc3C)C2=O)ccc1OCc1ccccc1F. The van der Waals surface area contributed by atoms with E-state index in [-0.39, 0.29) is 23.9 Å². The molecule has 1 heterocycles. The number of para-hydroxylation sites is 1. The summed E-state index contributed by atoms with van der Waals surface area (Å²) in [6, 6.07) is 18.5. The summed E-state index contributed by atoms with van der Waals surface area (Å²) in [4.78, 5) is 38.8. The molecule has 0 atom stereocenters. The lowest BCUT2D eigenvalue weighted by Crippen LogP contribution is -2.36. The first-order valence-corrected chi connectivity index (χ1v) is 11.8. The number of ether oxygens (including phenoxy) is 2. The van der Waals surface area contributed by atoms with Crippen molar-refractivity contribution in [3.63, 3.8) is 0 Å². The van der Waals surface area contributed by atoms with Crippen LogP contribution < -0.4 is 14.8 Å². The highest BCUT2D eigenvalue weighted by Crippen LogP contribution is 2.35. The summed E-state index contributed by atoms with van der Waals surface area (Å²) >= 11 is 0.760. The molecular formula is C27H23FN2O5S. The Bertz CT molecular complexity index is 1360. The van der Waals surface area contributed by atoms with E-state index in [1.54, 1.807) is 54.6 Å². The number of hydrogen-bond donors (Lipinski definition) is 1. The van der Waals surface area contributed by atoms with Crippen molar-refractivity contribution in [2.24, 2.45) is 0 Å². The van der Waals surface area contributed by atoms with Crippen LogP contribution in [0.1, 0.15) is 16.7 Å². The summed E-state index contributed by atoms with van der Waals surface area (Å²) in [6.45, 7) is 1.48. The maximum Gasteiger partial charge on any atom is 0.294 e. The third-order valence-electron chi connectivity index (χ3n) is 5.42. The van der Waals surface area contributed by atoms with Crippen LogP contribution in [0.5, 0.6) is 11.5 Å². The Morgan fingerprint density at radius 1 is 1.06 bits per heavy atom. The van der Waals surface area contributed by atoms with E-state index in [4.69, 9.17) is 9.47 Å². The fraction of sp³-hybridized carbons (Fsp3) is 0.148. The summed E-state index contributed by atoms with van der Waals surface area (Å²) in [7, 11) is 1.47. The second-order valence-electron chi connectivity index (χ2n) is 7.92. The van der Waals surface area contributed by atoms with E-state index >= 15 is 0 Å². The van der Waals surface area contributed by atoms with Crippen molar-refractivity contribution in [2.45, 2.75) is 13.5 Å². The van der Waals surface area contributed by atoms with Crippen molar-refractivity contribution < 1.29 is 28.2 Å². The molecule has 4 rings (SSSR count). The molecule has 184 valence electrons. The average molecular weight is 507 g/mol. The van der Waals surface area contributed by atoms with Gasteiger partial charge in [-0.05, 0) is 60.2 Å². The number of amides is 3. The van der Waals surface area contributed by atoms with Gasteiger partial charge in [0.25, 0.3) is 11.1 Å². The molecule has 9 heteroatoms. The van der Waals surface area contributed by atoms with Gasteiger partial charge in [-0.15, -0.1) is 0 Å². The lowest BCUT2D eigenvalue weighted by Gasteiger charge is -2.13. The second kappa shape index (κ2) is 11.1. The zero-order valence-electron chi connectivity index (χ0n) is 19.6. The lowest BCUT2D eigenvalue weighted by molar-refractivity contribution is -0.127. The van der Waals surface area contributed by atoms with Crippen LogP contribution in [0.3, 0.4) is 0 Å². The van der Waals surface area contributed by atoms with E-state index in [1.807, 2.05) is 19.1 Å². The van der Waals surface area contributed by atoms with Crippen LogP contribution in [0.4, 0.5) is 14.9 Å². The fourth-order valence-electron chi connectivity index (χ4n) is 3.50. The van der Waals surface area contributed by atoms with Crippen LogP contribution in [0, 0.1) is 12.7 Å². The number of imide groups is 1. The number of anilines is 1. The molecule has 0 aromatic heterocycles. The van der Waals surface area contributed by atoms with E-state index in [1.165, 1.54) is 13.2 Å². The second-order valence-corrected chi connectivity index (χ2v) is 8.91. The predicted molar refractivity (Wildman–Crippen MR) is 136 cm³/mol. The highest BCUT2D eigenvalue weighted by molar-refractivity contribution is 8.18. The summed E-state index contributed by atoms with van der Waals surface area (Å²) in [5, 5.41) is 2.20. The Labute approximate surface area is 211 Å². The van der Waals surface area contributed by atoms with E-state index in [9.17, 15) is 18.8 Å². The largest absolute Gasteiger partial charge is 0.493 e. The smallest absolute Gasteiger partial charge is 0.294 e. The summed E-state index contributed by atoms with van der Waals surface area (Å²) < 4.78 is 25.0. The quantitative estimate of drug-likeness (QED) is 0.412. The van der Waals surface area contributed by atoms with Gasteiger partial charge in [0.05, 0.1) is 12.0 Å². The van der Waals surface area contributed by atoms with Crippen LogP contribution in [-0.2, 0) is 16.2 Å². The first kappa shape index (κ1) is 25.0. The van der Waals surface area contributed by atoms with E-state index < -0.39 is 17.1 Å². The number of halogens is 1. The molecule has 1 aliphatic heterocycles. The van der Waals surface area contributed by atoms with E-state index in [2.05, 4.69) is 5.32 Å². The lowest BCUT2D eigenvalue weighted by atomic mass is 10.1. The Morgan fingerprint density at radius 2 is 1.81 bits per heavy atom. The first-order valence-electron chi connectivity index (χ1n) is 11.0. The number of aryl methyl sites for hydroxylation is 1. The van der Waals surface area contributed by atoms with Crippen molar-refractivity contribution in [2.75, 3.05) is 19.0 Å². The molecule has 3 amide bonds. The number of carbonyl (C=O) groups is 3. The molecule has 0 unspecified atom stereocenters. The minimum atomic E-state index is -0.552. The highest BCUT2D eigenvalue weighted by atomic mass is 32.2. The number of rotatable bonds is 8. The molecule has 7 nitrogen and oxygen atoms in total. The Balaban J connectivity index is 1.44. The highest BCUT2D eigenvalue weighted by Gasteiger charge is 2.36. The average Bonchev–Trinajstić information content (AvgIpc) is 3.12. The van der Waals surface area contributed by atoms with Crippen LogP contribution in [0.25, 0.3) is 6.08 Å². The Hall–Kier alpha value is -4.11. The number of nitrogens with zero attached hydrogens (tertiary/aromatic N) is 1. The monoisotopic (exact) mass is 506 g/mol. The van der Waals surface area contributed by atoms with Gasteiger partial charge >= 0.3 is 0 Å². The van der Waals surface area contributed by atoms with Crippen molar-refractivity contribution >= 4 is 40.6 Å². The standard InChI is InChI=1S/C27H23FN2O5S/c1-17-7-3-6-10-21(17)29-25(31)15-30-26(32)24(36-27(30)33)14-18-11-12-22(23(13-18)34-2)35-16-19-8-4-5-9-20(19)28/h3-14H,15-16H2,1-2H3,(H,29,31)/b24-14+. The Kier molecular flexibility index (Phi) is 7.70. The molecule has 36 heavy (non-hydrogen) atoms. The minimum absolute atomic E-state index is 0.0197. The Morgan fingerprint density at radius 3 is 2.56 bits per heavy atom. The van der Waals surface area contributed by atoms with Crippen LogP contribution >= 0.6 is 11.8 Å². The number of carbonyl (C=O) groups excluding carboxylic acids is 3. The number of methoxy groups -OCH3 is 1. The topological polar surface area (TPSA) is 84.9 Å². The summed E-state index contributed by atoms with van der Waals surface area (Å²) in [6.07, 6.45) is 1.55. The molecule has 0 radical (unpaired) electrons. The van der Waals surface area contributed by atoms with Gasteiger partial charge in [0.2, 0.25) is 5.91 Å². The molecule has 1 N–H and O–H groups in total. The van der Waals surface area contributed by atoms with Crippen molar-refractivity contribution in [3.8, 4) is 11.5 Å². The van der Waals surface area contributed by atoms with Gasteiger partial charge in [-0.25, -0.2) is 4.39 Å². The minimum Gasteiger partial charge on any atom is -0.493 e. The molecule has 0 saturated carbocycles. The van der Waals surface area contributed by atoms with Crippen LogP contribution in [0.15, 0.2) is 71.6 Å². The summed E-state index contributed by atoms with van der Waals surface area (Å²) in [5.41, 5.74) is 2.49. The van der Waals surface area contributed by atoms with Crippen molar-refractivity contribution in [1.29, 1.82) is 0 Å². The maximum absolute atomic E-state index is 13.9. The molecule has 3 aromatic rings. The molecule has 0 spiro atoms. The number of hydrogen-bond acceptors (Lipinski definition) is 6. The predicted octanol–water partition coefficient (Wildman–Crippen LogP) is 5.40. The van der Waals surface area contributed by atoms with Gasteiger partial charge in [0.1, 0.15) is 19.0 Å². The third kappa shape index (κ3) is 5.75. The van der Waals surface area contributed by atoms with E-state index in [0.29, 0.717) is 28.3 Å². The fourth-order valence-corrected chi connectivity index (χ4v) is 4.34. The molecule has 0 aliphatic carbocycles. The molecule has 3 aromatic carbocycles. The number of thioether (sulfide) groups is 1. The zero-order chi connectivity index (χ0) is 25.7. The van der Waals surface area contributed by atoms with Crippen LogP contribution in [0.2, 0.25) is 0 Å². The third-order valence-corrected chi connectivity index (χ3v) is 6.33. The molecule has 0 bridgehead atoms. The van der Waals surface area contributed by atoms with Crippen molar-refractivity contribution in [3.05, 3.63) is 94.1 Å². The molecule has 1 fully saturated rings. The van der Waals surface area contributed by atoms with Gasteiger partial charge in [-0.1, -0.05) is 42.5 Å². The first-order chi connectivity index (χ1) is 17.4. The molecule has 1 aliphatic rings. The zero-order valence-corrected chi connectivity index (χ0v) is 20.4. The molecule has 1 saturated heterocycles. The normalized spacial score (nSPS) is 14.3. The number of nitrogens with one attached hydrogen (secondary N) is 1. The van der Waals surface area contributed by atoms with Crippen molar-refractivity contribution in [1.82, 2.24) is 4.90 Å². The summed E-state index contributed by atoms with van der Waals surface area (Å²) in [5.74, 6) is -0.595. The van der Waals surface area contributed by atoms with Gasteiger partial charge < -0.3 is 14.8 Å². The van der Waals surface area contributed by atoms with Gasteiger partial charge in [0, 0.05) is 11.3 Å². The van der Waals surface area contributed by atoms with E-state index in [0.717, 1.165) is 22.2 Å². The maximum atomic E-state index is 13.9. The number of benzene rings is 3. The molecular weight excluding hydrogens is 483 g/mol. The van der Waals surface area contributed by atoms with Gasteiger partial charge in [-0.2, -0.15) is 0 Å². The van der Waals surface area contributed by atoms with Gasteiger partial charge in [0.15, 0.2) is 11.5 Å².